The maximum absolute atomic E-state index is 4.65. The average molecular weight is 499 g/mol. The van der Waals surface area contributed by atoms with E-state index in [4.69, 9.17) is 0 Å². The van der Waals surface area contributed by atoms with Gasteiger partial charge in [0.05, 0.1) is 11.2 Å². The lowest BCUT2D eigenvalue weighted by molar-refractivity contribution is 0.115. The number of hydrogen-bond acceptors (Lipinski definition) is 5. The first-order valence-electron chi connectivity index (χ1n) is 13.0. The maximum atomic E-state index is 4.65. The summed E-state index contributed by atoms with van der Waals surface area (Å²) in [6.45, 7) is 32.4. The number of imidazole rings is 1. The summed E-state index contributed by atoms with van der Waals surface area (Å²) < 4.78 is 2.09. The van der Waals surface area contributed by atoms with Crippen molar-refractivity contribution in [2.45, 2.75) is 115 Å². The Balaban J connectivity index is 0.000000279. The fraction of sp³-hybridized carbons (Fsp3) is 0.700. The van der Waals surface area contributed by atoms with Gasteiger partial charge in [0.25, 0.3) is 0 Å². The van der Waals surface area contributed by atoms with Crippen molar-refractivity contribution in [3.05, 3.63) is 39.8 Å². The van der Waals surface area contributed by atoms with E-state index in [1.165, 1.54) is 16.8 Å². The highest BCUT2D eigenvalue weighted by molar-refractivity contribution is 5.83. The number of aromatic nitrogens is 2. The van der Waals surface area contributed by atoms with Gasteiger partial charge in [0.2, 0.25) is 0 Å². The van der Waals surface area contributed by atoms with Crippen LogP contribution in [0, 0.1) is 26.2 Å². The highest BCUT2D eigenvalue weighted by Gasteiger charge is 2.44. The molecule has 0 bridgehead atoms. The van der Waals surface area contributed by atoms with Crippen molar-refractivity contribution in [3.8, 4) is 0 Å². The molecular formula is C30H54N6. The highest BCUT2D eigenvalue weighted by atomic mass is 15.2. The SMILES string of the molecule is CC1=NC(C)=C(C)C(C)(C)C(C)(C)N1C.CC1=NC(C)=C(C)C(C)(C)N1C.Cc1nc(C)n(C)c1C. The van der Waals surface area contributed by atoms with Gasteiger partial charge >= 0.3 is 0 Å². The monoisotopic (exact) mass is 498 g/mol. The Hall–Kier alpha value is -2.37. The van der Waals surface area contributed by atoms with Crippen LogP contribution in [0.3, 0.4) is 0 Å². The van der Waals surface area contributed by atoms with Crippen molar-refractivity contribution in [1.29, 1.82) is 0 Å². The number of hydrogen-bond donors (Lipinski definition) is 0. The average Bonchev–Trinajstić information content (AvgIpc) is 2.99. The quantitative estimate of drug-likeness (QED) is 0.379. The summed E-state index contributed by atoms with van der Waals surface area (Å²) in [4.78, 5) is 17.9. The van der Waals surface area contributed by atoms with Gasteiger partial charge in [0.15, 0.2) is 0 Å². The van der Waals surface area contributed by atoms with Crippen LogP contribution in [0.2, 0.25) is 0 Å². The van der Waals surface area contributed by atoms with Gasteiger partial charge in [0.1, 0.15) is 17.5 Å². The van der Waals surface area contributed by atoms with E-state index in [9.17, 15) is 0 Å². The van der Waals surface area contributed by atoms with E-state index in [2.05, 4.69) is 133 Å². The third-order valence-electron chi connectivity index (χ3n) is 9.62. The van der Waals surface area contributed by atoms with E-state index in [1.54, 1.807) is 0 Å². The zero-order valence-corrected chi connectivity index (χ0v) is 26.7. The van der Waals surface area contributed by atoms with Crippen molar-refractivity contribution in [2.24, 2.45) is 22.4 Å². The molecule has 0 atom stereocenters. The zero-order valence-electron chi connectivity index (χ0n) is 26.7. The van der Waals surface area contributed by atoms with Crippen LogP contribution in [-0.4, -0.2) is 56.2 Å². The van der Waals surface area contributed by atoms with E-state index >= 15 is 0 Å². The molecule has 36 heavy (non-hydrogen) atoms. The fourth-order valence-electron chi connectivity index (χ4n) is 4.52. The van der Waals surface area contributed by atoms with Crippen LogP contribution in [-0.2, 0) is 7.05 Å². The van der Waals surface area contributed by atoms with Gasteiger partial charge in [-0.25, -0.2) is 15.0 Å². The first-order valence-corrected chi connectivity index (χ1v) is 13.0. The lowest BCUT2D eigenvalue weighted by atomic mass is 9.68. The van der Waals surface area contributed by atoms with Crippen LogP contribution in [0.15, 0.2) is 32.5 Å². The lowest BCUT2D eigenvalue weighted by Gasteiger charge is -2.48. The fourth-order valence-corrected chi connectivity index (χ4v) is 4.52. The predicted molar refractivity (Wildman–Crippen MR) is 158 cm³/mol. The molecule has 0 N–H and O–H groups in total. The van der Waals surface area contributed by atoms with E-state index in [0.29, 0.717) is 0 Å². The molecule has 6 nitrogen and oxygen atoms in total. The first-order chi connectivity index (χ1) is 16.1. The van der Waals surface area contributed by atoms with Gasteiger partial charge < -0.3 is 14.4 Å². The maximum Gasteiger partial charge on any atom is 0.105 e. The molecule has 0 saturated carbocycles. The Bertz CT molecular complexity index is 1070. The minimum absolute atomic E-state index is 0.0857. The third-order valence-corrected chi connectivity index (χ3v) is 9.62. The van der Waals surface area contributed by atoms with Crippen LogP contribution in [0.1, 0.15) is 100 Å². The van der Waals surface area contributed by atoms with Crippen LogP contribution >= 0.6 is 0 Å². The van der Waals surface area contributed by atoms with Crippen molar-refractivity contribution >= 4 is 11.7 Å². The summed E-state index contributed by atoms with van der Waals surface area (Å²) >= 11 is 0. The number of aliphatic imine (C=N–C) groups is 2. The second-order valence-corrected chi connectivity index (χ2v) is 12.0. The molecule has 0 aromatic carbocycles. The molecule has 0 unspecified atom stereocenters. The Morgan fingerprint density at radius 1 is 0.583 bits per heavy atom. The van der Waals surface area contributed by atoms with Gasteiger partial charge in [-0.3, -0.25) is 0 Å². The molecular weight excluding hydrogens is 444 g/mol. The van der Waals surface area contributed by atoms with Crippen LogP contribution in [0.5, 0.6) is 0 Å². The van der Waals surface area contributed by atoms with E-state index in [1.807, 2.05) is 20.9 Å². The summed E-state index contributed by atoms with van der Waals surface area (Å²) in [7, 11) is 6.26. The summed E-state index contributed by atoms with van der Waals surface area (Å²) in [5, 5.41) is 0. The zero-order chi connectivity index (χ0) is 28.5. The number of allylic oxidation sites excluding steroid dienone is 2. The number of nitrogens with zero attached hydrogens (tertiary/aromatic N) is 6. The van der Waals surface area contributed by atoms with Gasteiger partial charge in [-0.15, -0.1) is 0 Å². The van der Waals surface area contributed by atoms with Gasteiger partial charge in [-0.05, 0) is 101 Å². The second-order valence-electron chi connectivity index (χ2n) is 12.0. The molecule has 0 fully saturated rings. The van der Waals surface area contributed by atoms with E-state index < -0.39 is 0 Å². The molecule has 6 heteroatoms. The van der Waals surface area contributed by atoms with Gasteiger partial charge in [-0.2, -0.15) is 0 Å². The van der Waals surface area contributed by atoms with E-state index in [0.717, 1.165) is 34.6 Å². The van der Waals surface area contributed by atoms with Crippen LogP contribution in [0.4, 0.5) is 0 Å². The van der Waals surface area contributed by atoms with Crippen LogP contribution < -0.4 is 0 Å². The first kappa shape index (κ1) is 31.7. The smallest absolute Gasteiger partial charge is 0.105 e. The number of likely N-dealkylation sites (N-methyl/N-ethyl adjacent to an activating group) is 1. The standard InChI is InChI=1S/C13H24N2.C10H18N2.C7H12N2/c1-9-10(2)14-11(3)15(8)13(6,7)12(9,4)5;1-7-8(2)11-9(3)12(6)10(7,4)5;1-5-6(2)9(4)7(3)8-5/h1-8H3;1-6H3;1-4H3. The molecule has 3 rings (SSSR count). The van der Waals surface area contributed by atoms with Crippen molar-refractivity contribution < 1.29 is 0 Å². The highest BCUT2D eigenvalue weighted by Crippen LogP contribution is 2.44. The molecule has 0 aliphatic carbocycles. The Morgan fingerprint density at radius 2 is 1.00 bits per heavy atom. The number of amidine groups is 2. The van der Waals surface area contributed by atoms with Gasteiger partial charge in [0, 0.05) is 49.2 Å². The van der Waals surface area contributed by atoms with Crippen molar-refractivity contribution in [3.63, 3.8) is 0 Å². The molecule has 3 heterocycles. The van der Waals surface area contributed by atoms with Crippen molar-refractivity contribution in [2.75, 3.05) is 14.1 Å². The largest absolute Gasteiger partial charge is 0.357 e. The molecule has 1 aromatic rings. The predicted octanol–water partition coefficient (Wildman–Crippen LogP) is 7.22. The van der Waals surface area contributed by atoms with Crippen LogP contribution in [0.25, 0.3) is 0 Å². The minimum Gasteiger partial charge on any atom is -0.357 e. The Morgan fingerprint density at radius 3 is 1.36 bits per heavy atom. The summed E-state index contributed by atoms with van der Waals surface area (Å²) in [5.74, 6) is 3.29. The topological polar surface area (TPSA) is 49.0 Å². The molecule has 0 radical (unpaired) electrons. The Labute approximate surface area is 222 Å². The third kappa shape index (κ3) is 5.95. The number of aryl methyl sites for hydroxylation is 2. The molecule has 0 saturated heterocycles. The second kappa shape index (κ2) is 10.9. The van der Waals surface area contributed by atoms with Crippen molar-refractivity contribution in [1.82, 2.24) is 19.4 Å². The molecule has 2 aliphatic rings. The molecule has 0 spiro atoms. The summed E-state index contributed by atoms with van der Waals surface area (Å²) in [6.07, 6.45) is 0. The molecule has 0 amide bonds. The molecule has 204 valence electrons. The van der Waals surface area contributed by atoms with Gasteiger partial charge in [-0.1, -0.05) is 13.8 Å². The summed E-state index contributed by atoms with van der Waals surface area (Å²) in [6, 6.07) is 0. The normalized spacial score (nSPS) is 20.6. The minimum atomic E-state index is 0.0857. The number of rotatable bonds is 0. The lowest BCUT2D eigenvalue weighted by Crippen LogP contribution is -2.53. The molecule has 1 aromatic heterocycles. The molecule has 2 aliphatic heterocycles. The van der Waals surface area contributed by atoms with E-state index in [-0.39, 0.29) is 16.5 Å². The Kier molecular flexibility index (Phi) is 9.62. The summed E-state index contributed by atoms with van der Waals surface area (Å²) in [5.41, 5.74) is 7.80.